The normalized spacial score (nSPS) is 11.9. The summed E-state index contributed by atoms with van der Waals surface area (Å²) < 4.78 is 32.6. The van der Waals surface area contributed by atoms with E-state index in [1.54, 1.807) is 12.1 Å². The third-order valence-corrected chi connectivity index (χ3v) is 5.72. The van der Waals surface area contributed by atoms with Crippen molar-refractivity contribution in [2.24, 2.45) is 0 Å². The maximum atomic E-state index is 11.5. The lowest BCUT2D eigenvalue weighted by Gasteiger charge is -2.21. The van der Waals surface area contributed by atoms with Gasteiger partial charge in [-0.3, -0.25) is 0 Å². The molecule has 0 spiro atoms. The Morgan fingerprint density at radius 3 is 2.00 bits per heavy atom. The summed E-state index contributed by atoms with van der Waals surface area (Å²) in [5.74, 6) is -0.226. The summed E-state index contributed by atoms with van der Waals surface area (Å²) >= 11 is 4.26. The molecule has 116 valence electrons. The van der Waals surface area contributed by atoms with E-state index in [0.29, 0.717) is 0 Å². The highest BCUT2D eigenvalue weighted by atomic mass is 32.5. The number of phenols is 1. The quantitative estimate of drug-likeness (QED) is 0.796. The fourth-order valence-corrected chi connectivity index (χ4v) is 2.07. The average molecular weight is 342 g/mol. The minimum atomic E-state index is -3.52. The number of sulfonamides is 1. The SMILES string of the molecule is CN(C)S(=O)(=O)c1ccccc1O.COP([O-])(=S)OC. The van der Waals surface area contributed by atoms with Crippen molar-refractivity contribution in [3.8, 4) is 5.75 Å². The largest absolute Gasteiger partial charge is 0.780 e. The van der Waals surface area contributed by atoms with E-state index >= 15 is 0 Å². The van der Waals surface area contributed by atoms with Crippen LogP contribution < -0.4 is 4.89 Å². The van der Waals surface area contributed by atoms with Crippen LogP contribution in [0.3, 0.4) is 0 Å². The molecule has 10 heteroatoms. The summed E-state index contributed by atoms with van der Waals surface area (Å²) in [4.78, 5) is 10.3. The molecule has 0 aliphatic heterocycles. The van der Waals surface area contributed by atoms with Crippen LogP contribution in [0.1, 0.15) is 0 Å². The zero-order valence-corrected chi connectivity index (χ0v) is 14.0. The molecule has 7 nitrogen and oxygen atoms in total. The molecular weight excluding hydrogens is 325 g/mol. The van der Waals surface area contributed by atoms with Crippen LogP contribution in [0.25, 0.3) is 0 Å². The molecule has 0 bridgehead atoms. The van der Waals surface area contributed by atoms with Gasteiger partial charge in [-0.25, -0.2) is 12.7 Å². The van der Waals surface area contributed by atoms with E-state index < -0.39 is 16.7 Å². The van der Waals surface area contributed by atoms with Gasteiger partial charge >= 0.3 is 0 Å². The van der Waals surface area contributed by atoms with Gasteiger partial charge in [-0.1, -0.05) is 23.9 Å². The molecule has 0 saturated heterocycles. The van der Waals surface area contributed by atoms with E-state index in [1.807, 2.05) is 0 Å². The van der Waals surface area contributed by atoms with E-state index in [1.165, 1.54) is 40.4 Å². The molecule has 1 N–H and O–H groups in total. The number of phenolic OH excluding ortho intramolecular Hbond substituents is 1. The number of benzene rings is 1. The smallest absolute Gasteiger partial charge is 0.246 e. The maximum Gasteiger partial charge on any atom is 0.246 e. The molecule has 0 fully saturated rings. The van der Waals surface area contributed by atoms with E-state index in [-0.39, 0.29) is 10.6 Å². The third kappa shape index (κ3) is 5.84. The molecule has 0 aromatic heterocycles. The lowest BCUT2D eigenvalue weighted by molar-refractivity contribution is -0.201. The zero-order chi connectivity index (χ0) is 16.0. The first-order valence-corrected chi connectivity index (χ1v) is 9.21. The van der Waals surface area contributed by atoms with Crippen LogP contribution in [-0.4, -0.2) is 46.1 Å². The Bertz CT molecular complexity index is 567. The summed E-state index contributed by atoms with van der Waals surface area (Å²) in [6, 6.07) is 5.85. The van der Waals surface area contributed by atoms with Crippen LogP contribution in [0.4, 0.5) is 0 Å². The molecule has 0 atom stereocenters. The molecule has 1 aromatic carbocycles. The molecular formula is C10H17NO6PS2-. The summed E-state index contributed by atoms with van der Waals surface area (Å²) in [6.45, 7) is -3.07. The van der Waals surface area contributed by atoms with Gasteiger partial charge in [0.1, 0.15) is 17.4 Å². The van der Waals surface area contributed by atoms with Crippen LogP contribution in [0.15, 0.2) is 29.2 Å². The molecule has 0 unspecified atom stereocenters. The highest BCUT2D eigenvalue weighted by Crippen LogP contribution is 2.35. The first-order chi connectivity index (χ1) is 9.08. The standard InChI is InChI=1S/C8H11NO3S.C2H7O3PS/c1-9(2)13(11,12)8-6-4-3-5-7(8)10;1-4-6(3,7)5-2/h3-6,10H,1-2H3;1-2H3,(H,3,7)/p-1. The maximum absolute atomic E-state index is 11.5. The van der Waals surface area contributed by atoms with E-state index in [2.05, 4.69) is 20.9 Å². The second-order valence-electron chi connectivity index (χ2n) is 3.57. The van der Waals surface area contributed by atoms with E-state index in [4.69, 9.17) is 0 Å². The Morgan fingerprint density at radius 2 is 1.70 bits per heavy atom. The number of rotatable bonds is 4. The van der Waals surface area contributed by atoms with E-state index in [0.717, 1.165) is 4.31 Å². The number of aromatic hydroxyl groups is 1. The van der Waals surface area contributed by atoms with Gasteiger partial charge in [0, 0.05) is 28.3 Å². The first kappa shape index (κ1) is 19.5. The van der Waals surface area contributed by atoms with Crippen LogP contribution in [0.2, 0.25) is 0 Å². The number of hydrogen-bond donors (Lipinski definition) is 1. The average Bonchev–Trinajstić information content (AvgIpc) is 2.39. The topological polar surface area (TPSA) is 99.1 Å². The number of para-hydroxylation sites is 1. The van der Waals surface area contributed by atoms with Gasteiger partial charge in [-0.2, -0.15) is 0 Å². The van der Waals surface area contributed by atoms with Gasteiger partial charge in [-0.05, 0) is 12.1 Å². The van der Waals surface area contributed by atoms with Gasteiger partial charge in [0.25, 0.3) is 0 Å². The van der Waals surface area contributed by atoms with Crippen LogP contribution in [0.5, 0.6) is 5.75 Å². The van der Waals surface area contributed by atoms with Gasteiger partial charge in [0.05, 0.1) is 0 Å². The fourth-order valence-electron chi connectivity index (χ4n) is 0.947. The van der Waals surface area contributed by atoms with Crippen LogP contribution in [0, 0.1) is 0 Å². The molecule has 0 saturated carbocycles. The van der Waals surface area contributed by atoms with Crippen molar-refractivity contribution in [2.45, 2.75) is 4.90 Å². The Labute approximate surface area is 124 Å². The van der Waals surface area contributed by atoms with Crippen molar-refractivity contribution >= 4 is 28.5 Å². The van der Waals surface area contributed by atoms with Gasteiger partial charge in [0.2, 0.25) is 10.0 Å². The summed E-state index contributed by atoms with van der Waals surface area (Å²) in [7, 11) is 1.81. The molecule has 0 amide bonds. The van der Waals surface area contributed by atoms with Crippen molar-refractivity contribution in [3.05, 3.63) is 24.3 Å². The lowest BCUT2D eigenvalue weighted by atomic mass is 10.3. The lowest BCUT2D eigenvalue weighted by Crippen LogP contribution is -2.22. The molecule has 0 aliphatic carbocycles. The van der Waals surface area contributed by atoms with Crippen molar-refractivity contribution in [1.82, 2.24) is 4.31 Å². The highest BCUT2D eigenvalue weighted by molar-refractivity contribution is 8.06. The Balaban J connectivity index is 0.000000441. The predicted octanol–water partition coefficient (Wildman–Crippen LogP) is 0.507. The van der Waals surface area contributed by atoms with Crippen molar-refractivity contribution in [3.63, 3.8) is 0 Å². The highest BCUT2D eigenvalue weighted by Gasteiger charge is 2.20. The Hall–Kier alpha value is -0.540. The van der Waals surface area contributed by atoms with Crippen molar-refractivity contribution in [1.29, 1.82) is 0 Å². The predicted molar refractivity (Wildman–Crippen MR) is 77.3 cm³/mol. The molecule has 20 heavy (non-hydrogen) atoms. The molecule has 1 rings (SSSR count). The number of nitrogens with zero attached hydrogens (tertiary/aromatic N) is 1. The second-order valence-corrected chi connectivity index (χ2v) is 8.65. The van der Waals surface area contributed by atoms with Gasteiger partial charge in [0.15, 0.2) is 0 Å². The van der Waals surface area contributed by atoms with Crippen LogP contribution >= 0.6 is 6.72 Å². The minimum Gasteiger partial charge on any atom is -0.780 e. The van der Waals surface area contributed by atoms with Crippen molar-refractivity contribution in [2.75, 3.05) is 28.3 Å². The Morgan fingerprint density at radius 1 is 1.25 bits per heavy atom. The monoisotopic (exact) mass is 342 g/mol. The Kier molecular flexibility index (Phi) is 7.82. The molecule has 1 aromatic rings. The van der Waals surface area contributed by atoms with Crippen LogP contribution in [-0.2, 0) is 30.9 Å². The fraction of sp³-hybridized carbons (Fsp3) is 0.400. The minimum absolute atomic E-state index is 0.0694. The molecule has 0 heterocycles. The van der Waals surface area contributed by atoms with Gasteiger partial charge in [-0.15, -0.1) is 0 Å². The molecule has 0 radical (unpaired) electrons. The summed E-state index contributed by atoms with van der Waals surface area (Å²) in [6.07, 6.45) is 0. The zero-order valence-electron chi connectivity index (χ0n) is 11.5. The number of hydrogen-bond acceptors (Lipinski definition) is 7. The first-order valence-electron chi connectivity index (χ1n) is 5.21. The van der Waals surface area contributed by atoms with Crippen molar-refractivity contribution < 1.29 is 27.5 Å². The molecule has 0 aliphatic rings. The van der Waals surface area contributed by atoms with Gasteiger partial charge < -0.3 is 19.0 Å². The summed E-state index contributed by atoms with van der Waals surface area (Å²) in [5, 5.41) is 9.29. The van der Waals surface area contributed by atoms with E-state index in [9.17, 15) is 18.4 Å². The third-order valence-electron chi connectivity index (χ3n) is 2.07. The summed E-state index contributed by atoms with van der Waals surface area (Å²) in [5.41, 5.74) is 0. The second kappa shape index (κ2) is 8.04.